The molecule has 0 aromatic heterocycles. The molecule has 3 nitrogen and oxygen atoms in total. The predicted octanol–water partition coefficient (Wildman–Crippen LogP) is 3.19. The Morgan fingerprint density at radius 2 is 2.06 bits per heavy atom. The van der Waals surface area contributed by atoms with E-state index in [1.807, 2.05) is 39.0 Å². The molecule has 1 amide bonds. The Kier molecular flexibility index (Phi) is 4.58. The van der Waals surface area contributed by atoms with Crippen LogP contribution in [-0.4, -0.2) is 16.0 Å². The van der Waals surface area contributed by atoms with Crippen LogP contribution in [-0.2, 0) is 0 Å². The molecule has 0 radical (unpaired) electrons. The zero-order valence-corrected chi connectivity index (χ0v) is 12.3. The number of halogens is 2. The topological polar surface area (TPSA) is 32.3 Å². The quantitative estimate of drug-likeness (QED) is 0.504. The van der Waals surface area contributed by atoms with Crippen LogP contribution in [0.3, 0.4) is 0 Å². The van der Waals surface area contributed by atoms with Crippen LogP contribution in [0.1, 0.15) is 31.1 Å². The van der Waals surface area contributed by atoms with Crippen molar-refractivity contribution in [1.29, 1.82) is 0 Å². The molecule has 1 aromatic carbocycles. The van der Waals surface area contributed by atoms with Gasteiger partial charge in [-0.05, 0) is 61.6 Å². The van der Waals surface area contributed by atoms with E-state index in [0.717, 1.165) is 3.57 Å². The minimum Gasteiger partial charge on any atom is -0.270 e. The molecule has 16 heavy (non-hydrogen) atoms. The van der Waals surface area contributed by atoms with Gasteiger partial charge in [0.25, 0.3) is 5.91 Å². The van der Waals surface area contributed by atoms with Crippen LogP contribution in [0.15, 0.2) is 24.3 Å². The third-order valence-corrected chi connectivity index (χ3v) is 3.14. The van der Waals surface area contributed by atoms with Gasteiger partial charge in [0.2, 0.25) is 0 Å². The standard InChI is InChI=1S/C11H14ClIN2O/c1-11(2,3)15(12)14-10(16)8-5-4-6-9(13)7-8/h4-7H,1-3H3,(H,14,16). The number of nitrogens with zero attached hydrogens (tertiary/aromatic N) is 1. The largest absolute Gasteiger partial charge is 0.270 e. The van der Waals surface area contributed by atoms with Gasteiger partial charge in [-0.3, -0.25) is 10.2 Å². The Morgan fingerprint density at radius 3 is 2.56 bits per heavy atom. The zero-order valence-electron chi connectivity index (χ0n) is 9.42. The highest BCUT2D eigenvalue weighted by Crippen LogP contribution is 2.14. The summed E-state index contributed by atoms with van der Waals surface area (Å²) in [6.45, 7) is 5.74. The van der Waals surface area contributed by atoms with Crippen molar-refractivity contribution >= 4 is 40.3 Å². The fraction of sp³-hybridized carbons (Fsp3) is 0.364. The number of carbonyl (C=O) groups is 1. The summed E-state index contributed by atoms with van der Waals surface area (Å²) in [7, 11) is 0. The second-order valence-corrected chi connectivity index (χ2v) is 5.99. The molecule has 0 heterocycles. The van der Waals surface area contributed by atoms with Gasteiger partial charge in [-0.2, -0.15) is 0 Å². The molecule has 0 aliphatic carbocycles. The minimum atomic E-state index is -0.320. The van der Waals surface area contributed by atoms with Crippen LogP contribution in [0.2, 0.25) is 0 Å². The summed E-state index contributed by atoms with van der Waals surface area (Å²) < 4.78 is 2.30. The fourth-order valence-corrected chi connectivity index (χ4v) is 1.57. The van der Waals surface area contributed by atoms with Crippen molar-refractivity contribution in [2.45, 2.75) is 26.3 Å². The molecule has 0 atom stereocenters. The van der Waals surface area contributed by atoms with E-state index in [4.69, 9.17) is 11.8 Å². The molecule has 88 valence electrons. The lowest BCUT2D eigenvalue weighted by molar-refractivity contribution is 0.0806. The maximum Gasteiger partial charge on any atom is 0.266 e. The summed E-state index contributed by atoms with van der Waals surface area (Å²) in [5.74, 6) is -0.205. The van der Waals surface area contributed by atoms with Crippen molar-refractivity contribution < 1.29 is 4.79 Å². The number of hydrogen-bond acceptors (Lipinski definition) is 2. The van der Waals surface area contributed by atoms with Gasteiger partial charge in [0.15, 0.2) is 0 Å². The van der Waals surface area contributed by atoms with E-state index in [-0.39, 0.29) is 11.4 Å². The van der Waals surface area contributed by atoms with Crippen LogP contribution in [0, 0.1) is 3.57 Å². The number of rotatable bonds is 2. The average molecular weight is 353 g/mol. The van der Waals surface area contributed by atoms with Gasteiger partial charge in [-0.15, -0.1) is 4.53 Å². The molecule has 0 spiro atoms. The SMILES string of the molecule is CC(C)(C)N(Cl)NC(=O)c1cccc(I)c1. The van der Waals surface area contributed by atoms with E-state index in [2.05, 4.69) is 28.0 Å². The molecule has 1 rings (SSSR count). The fourth-order valence-electron chi connectivity index (χ4n) is 0.951. The lowest BCUT2D eigenvalue weighted by Gasteiger charge is -2.28. The van der Waals surface area contributed by atoms with Crippen molar-refractivity contribution in [3.05, 3.63) is 33.4 Å². The molecule has 0 bridgehead atoms. The van der Waals surface area contributed by atoms with Gasteiger partial charge in [-0.25, -0.2) is 0 Å². The summed E-state index contributed by atoms with van der Waals surface area (Å²) in [4.78, 5) is 11.8. The van der Waals surface area contributed by atoms with Crippen molar-refractivity contribution in [3.63, 3.8) is 0 Å². The molecule has 0 unspecified atom stereocenters. The first-order chi connectivity index (χ1) is 7.30. The Morgan fingerprint density at radius 1 is 1.44 bits per heavy atom. The number of nitrogens with one attached hydrogen (secondary N) is 1. The summed E-state index contributed by atoms with van der Waals surface area (Å²) in [6, 6.07) is 7.33. The van der Waals surface area contributed by atoms with E-state index in [0.29, 0.717) is 5.56 Å². The minimum absolute atomic E-state index is 0.205. The number of benzene rings is 1. The van der Waals surface area contributed by atoms with Crippen molar-refractivity contribution in [3.8, 4) is 0 Å². The van der Waals surface area contributed by atoms with E-state index < -0.39 is 0 Å². The molecule has 1 aromatic rings. The lowest BCUT2D eigenvalue weighted by Crippen LogP contribution is -2.46. The molecular weight excluding hydrogens is 338 g/mol. The predicted molar refractivity (Wildman–Crippen MR) is 74.1 cm³/mol. The second-order valence-electron chi connectivity index (χ2n) is 4.40. The smallest absolute Gasteiger partial charge is 0.266 e. The number of hydrazine groups is 1. The highest BCUT2D eigenvalue weighted by Gasteiger charge is 2.21. The van der Waals surface area contributed by atoms with Crippen LogP contribution in [0.25, 0.3) is 0 Å². The molecular formula is C11H14ClIN2O. The molecule has 0 aliphatic rings. The highest BCUT2D eigenvalue weighted by molar-refractivity contribution is 14.1. The molecule has 0 saturated heterocycles. The van der Waals surface area contributed by atoms with Crippen molar-refractivity contribution in [2.75, 3.05) is 0 Å². The molecule has 0 fully saturated rings. The Labute approximate surface area is 114 Å². The summed E-state index contributed by atoms with van der Waals surface area (Å²) in [5, 5.41) is 0. The number of amides is 1. The first-order valence-electron chi connectivity index (χ1n) is 4.83. The third kappa shape index (κ3) is 3.92. The van der Waals surface area contributed by atoms with E-state index in [1.54, 1.807) is 6.07 Å². The molecule has 0 saturated carbocycles. The maximum atomic E-state index is 11.8. The first kappa shape index (κ1) is 13.7. The second kappa shape index (κ2) is 5.33. The van der Waals surface area contributed by atoms with Gasteiger partial charge in [0, 0.05) is 26.4 Å². The molecule has 1 N–H and O–H groups in total. The van der Waals surface area contributed by atoms with E-state index in [1.165, 1.54) is 4.53 Å². The van der Waals surface area contributed by atoms with Crippen molar-refractivity contribution in [1.82, 2.24) is 9.95 Å². The molecule has 5 heteroatoms. The van der Waals surface area contributed by atoms with E-state index in [9.17, 15) is 4.79 Å². The third-order valence-electron chi connectivity index (χ3n) is 1.88. The normalized spacial score (nSPS) is 11.6. The summed E-state index contributed by atoms with van der Waals surface area (Å²) >= 11 is 8.10. The number of hydrogen-bond donors (Lipinski definition) is 1. The van der Waals surface area contributed by atoms with Gasteiger partial charge in [-0.1, -0.05) is 6.07 Å². The van der Waals surface area contributed by atoms with Gasteiger partial charge in [0.05, 0.1) is 0 Å². The Hall–Kier alpha value is -0.330. The van der Waals surface area contributed by atoms with Crippen LogP contribution < -0.4 is 5.43 Å². The molecule has 0 aliphatic heterocycles. The monoisotopic (exact) mass is 352 g/mol. The maximum absolute atomic E-state index is 11.8. The lowest BCUT2D eigenvalue weighted by atomic mass is 10.1. The van der Waals surface area contributed by atoms with Crippen molar-refractivity contribution in [2.24, 2.45) is 0 Å². The van der Waals surface area contributed by atoms with E-state index >= 15 is 0 Å². The van der Waals surface area contributed by atoms with Gasteiger partial charge < -0.3 is 0 Å². The Balaban J connectivity index is 2.74. The number of carbonyl (C=O) groups excluding carboxylic acids is 1. The van der Waals surface area contributed by atoms with Crippen LogP contribution >= 0.6 is 34.4 Å². The zero-order chi connectivity index (χ0) is 12.3. The highest BCUT2D eigenvalue weighted by atomic mass is 127. The summed E-state index contributed by atoms with van der Waals surface area (Å²) in [6.07, 6.45) is 0. The Bertz CT molecular complexity index is 390. The first-order valence-corrected chi connectivity index (χ1v) is 6.25. The summed E-state index contributed by atoms with van der Waals surface area (Å²) in [5.41, 5.74) is 2.90. The van der Waals surface area contributed by atoms with Crippen LogP contribution in [0.4, 0.5) is 0 Å². The van der Waals surface area contributed by atoms with Gasteiger partial charge >= 0.3 is 0 Å². The van der Waals surface area contributed by atoms with Gasteiger partial charge in [0.1, 0.15) is 0 Å². The van der Waals surface area contributed by atoms with Crippen LogP contribution in [0.5, 0.6) is 0 Å². The average Bonchev–Trinajstić information content (AvgIpc) is 2.16.